The lowest BCUT2D eigenvalue weighted by Crippen LogP contribution is -2.45. The number of allylic oxidation sites excluding steroid dienone is 1. The maximum absolute atomic E-state index is 11.2. The van der Waals surface area contributed by atoms with Gasteiger partial charge in [-0.05, 0) is 19.8 Å². The van der Waals surface area contributed by atoms with E-state index in [4.69, 9.17) is 10.5 Å². The number of rotatable bonds is 8. The van der Waals surface area contributed by atoms with Gasteiger partial charge in [0.15, 0.2) is 0 Å². The highest BCUT2D eigenvalue weighted by molar-refractivity contribution is 5.86. The maximum atomic E-state index is 11.2. The van der Waals surface area contributed by atoms with Crippen LogP contribution in [0.2, 0.25) is 0 Å². The molecule has 0 saturated heterocycles. The first kappa shape index (κ1) is 13.6. The summed E-state index contributed by atoms with van der Waals surface area (Å²) < 4.78 is 4.90. The summed E-state index contributed by atoms with van der Waals surface area (Å²) in [6.45, 7) is 5.73. The van der Waals surface area contributed by atoms with Gasteiger partial charge in [0.25, 0.3) is 0 Å². The van der Waals surface area contributed by atoms with Crippen LogP contribution in [0.4, 0.5) is 0 Å². The van der Waals surface area contributed by atoms with Gasteiger partial charge >= 0.3 is 0 Å². The zero-order chi connectivity index (χ0) is 11.7. The Morgan fingerprint density at radius 2 is 2.27 bits per heavy atom. The van der Waals surface area contributed by atoms with E-state index in [0.29, 0.717) is 19.4 Å². The molecule has 0 aliphatic carbocycles. The molecule has 0 heterocycles. The zero-order valence-corrected chi connectivity index (χ0v) is 8.99. The maximum Gasteiger partial charge on any atom is 0.246 e. The molecule has 0 aliphatic heterocycles. The van der Waals surface area contributed by atoms with Crippen molar-refractivity contribution >= 4 is 11.8 Å². The minimum absolute atomic E-state index is 0.0473. The quantitative estimate of drug-likeness (QED) is 0.556. The second-order valence-corrected chi connectivity index (χ2v) is 3.03. The minimum atomic E-state index is -0.643. The molecule has 0 aromatic carbocycles. The SMILES string of the molecule is C=CCC[C@H](NC(=O)COCC)C(N)=O. The van der Waals surface area contributed by atoms with Gasteiger partial charge in [-0.1, -0.05) is 6.08 Å². The van der Waals surface area contributed by atoms with E-state index in [1.807, 2.05) is 0 Å². The first-order valence-corrected chi connectivity index (χ1v) is 4.89. The zero-order valence-electron chi connectivity index (χ0n) is 8.99. The Hall–Kier alpha value is -1.36. The van der Waals surface area contributed by atoms with E-state index < -0.39 is 11.9 Å². The van der Waals surface area contributed by atoms with Gasteiger partial charge in [-0.15, -0.1) is 6.58 Å². The smallest absolute Gasteiger partial charge is 0.246 e. The van der Waals surface area contributed by atoms with Crippen molar-refractivity contribution in [1.29, 1.82) is 0 Å². The van der Waals surface area contributed by atoms with Gasteiger partial charge in [-0.2, -0.15) is 0 Å². The van der Waals surface area contributed by atoms with Crippen LogP contribution in [0.3, 0.4) is 0 Å². The summed E-state index contributed by atoms with van der Waals surface area (Å²) in [5.41, 5.74) is 5.13. The minimum Gasteiger partial charge on any atom is -0.372 e. The average molecular weight is 214 g/mol. The summed E-state index contributed by atoms with van der Waals surface area (Å²) in [5, 5.41) is 2.50. The second kappa shape index (κ2) is 7.99. The van der Waals surface area contributed by atoms with Gasteiger partial charge in [-0.25, -0.2) is 0 Å². The fraction of sp³-hybridized carbons (Fsp3) is 0.600. The summed E-state index contributed by atoms with van der Waals surface area (Å²) in [4.78, 5) is 22.2. The molecule has 0 radical (unpaired) electrons. The standard InChI is InChI=1S/C10H18N2O3/c1-3-5-6-8(10(11)14)12-9(13)7-15-4-2/h3,8H,1,4-7H2,2H3,(H2,11,14)(H,12,13)/t8-/m0/s1. The lowest BCUT2D eigenvalue weighted by Gasteiger charge is -2.14. The Bertz CT molecular complexity index is 229. The second-order valence-electron chi connectivity index (χ2n) is 3.03. The van der Waals surface area contributed by atoms with Crippen LogP contribution in [0, 0.1) is 0 Å². The Labute approximate surface area is 89.7 Å². The van der Waals surface area contributed by atoms with E-state index in [2.05, 4.69) is 11.9 Å². The molecule has 15 heavy (non-hydrogen) atoms. The number of nitrogens with one attached hydrogen (secondary N) is 1. The van der Waals surface area contributed by atoms with Crippen LogP contribution in [0.5, 0.6) is 0 Å². The summed E-state index contributed by atoms with van der Waals surface area (Å²) in [6, 6.07) is -0.643. The molecule has 86 valence electrons. The van der Waals surface area contributed by atoms with Crippen molar-refractivity contribution < 1.29 is 14.3 Å². The van der Waals surface area contributed by atoms with Crippen molar-refractivity contribution in [1.82, 2.24) is 5.32 Å². The number of nitrogens with two attached hydrogens (primary N) is 1. The largest absolute Gasteiger partial charge is 0.372 e. The number of carbonyl (C=O) groups excluding carboxylic acids is 2. The van der Waals surface area contributed by atoms with Crippen LogP contribution in [-0.2, 0) is 14.3 Å². The van der Waals surface area contributed by atoms with Crippen molar-refractivity contribution in [3.63, 3.8) is 0 Å². The molecule has 3 N–H and O–H groups in total. The van der Waals surface area contributed by atoms with Gasteiger partial charge in [0.05, 0.1) is 0 Å². The fourth-order valence-electron chi connectivity index (χ4n) is 1.00. The Morgan fingerprint density at radius 3 is 2.73 bits per heavy atom. The molecule has 0 saturated carbocycles. The van der Waals surface area contributed by atoms with E-state index in [1.165, 1.54) is 0 Å². The molecule has 0 aromatic rings. The highest BCUT2D eigenvalue weighted by atomic mass is 16.5. The van der Waals surface area contributed by atoms with E-state index in [-0.39, 0.29) is 12.5 Å². The predicted molar refractivity (Wildman–Crippen MR) is 57.0 cm³/mol. The lowest BCUT2D eigenvalue weighted by molar-refractivity contribution is -0.130. The first-order chi connectivity index (χ1) is 7.11. The van der Waals surface area contributed by atoms with E-state index in [1.54, 1.807) is 13.0 Å². The molecular weight excluding hydrogens is 196 g/mol. The number of primary amides is 1. The number of carbonyl (C=O) groups is 2. The molecule has 0 aliphatic rings. The highest BCUT2D eigenvalue weighted by Gasteiger charge is 2.16. The summed E-state index contributed by atoms with van der Waals surface area (Å²) in [6.07, 6.45) is 2.77. The number of amides is 2. The molecule has 0 bridgehead atoms. The lowest BCUT2D eigenvalue weighted by atomic mass is 10.1. The molecule has 0 spiro atoms. The summed E-state index contributed by atoms with van der Waals surface area (Å²) in [7, 11) is 0. The number of hydrogen-bond acceptors (Lipinski definition) is 3. The summed E-state index contributed by atoms with van der Waals surface area (Å²) >= 11 is 0. The normalized spacial score (nSPS) is 11.8. The third-order valence-electron chi connectivity index (χ3n) is 1.78. The molecule has 5 heteroatoms. The third-order valence-corrected chi connectivity index (χ3v) is 1.78. The van der Waals surface area contributed by atoms with Crippen LogP contribution >= 0.6 is 0 Å². The Balaban J connectivity index is 3.98. The van der Waals surface area contributed by atoms with E-state index >= 15 is 0 Å². The van der Waals surface area contributed by atoms with Gasteiger partial charge in [0, 0.05) is 6.61 Å². The molecular formula is C10H18N2O3. The third kappa shape index (κ3) is 6.68. The monoisotopic (exact) mass is 214 g/mol. The van der Waals surface area contributed by atoms with Crippen LogP contribution in [0.1, 0.15) is 19.8 Å². The van der Waals surface area contributed by atoms with Crippen LogP contribution in [-0.4, -0.2) is 31.1 Å². The average Bonchev–Trinajstić information content (AvgIpc) is 2.20. The van der Waals surface area contributed by atoms with Crippen LogP contribution in [0.15, 0.2) is 12.7 Å². The first-order valence-electron chi connectivity index (χ1n) is 4.89. The van der Waals surface area contributed by atoms with Crippen LogP contribution in [0.25, 0.3) is 0 Å². The van der Waals surface area contributed by atoms with E-state index in [9.17, 15) is 9.59 Å². The van der Waals surface area contributed by atoms with Crippen molar-refractivity contribution in [3.05, 3.63) is 12.7 Å². The Morgan fingerprint density at radius 1 is 1.60 bits per heavy atom. The van der Waals surface area contributed by atoms with Crippen LogP contribution < -0.4 is 11.1 Å². The van der Waals surface area contributed by atoms with Crippen molar-refractivity contribution in [2.75, 3.05) is 13.2 Å². The Kier molecular flexibility index (Phi) is 7.27. The van der Waals surface area contributed by atoms with Gasteiger partial charge in [0.2, 0.25) is 11.8 Å². The van der Waals surface area contributed by atoms with Crippen molar-refractivity contribution in [3.8, 4) is 0 Å². The molecule has 1 atom stereocenters. The molecule has 0 unspecified atom stereocenters. The van der Waals surface area contributed by atoms with Crippen molar-refractivity contribution in [2.45, 2.75) is 25.8 Å². The van der Waals surface area contributed by atoms with Gasteiger partial charge < -0.3 is 15.8 Å². The molecule has 5 nitrogen and oxygen atoms in total. The van der Waals surface area contributed by atoms with Gasteiger partial charge in [0.1, 0.15) is 12.6 Å². The number of hydrogen-bond donors (Lipinski definition) is 2. The number of ether oxygens (including phenoxy) is 1. The molecule has 2 amide bonds. The summed E-state index contributed by atoms with van der Waals surface area (Å²) in [5.74, 6) is -0.869. The predicted octanol–water partition coefficient (Wildman–Crippen LogP) is -0.0408. The van der Waals surface area contributed by atoms with E-state index in [0.717, 1.165) is 0 Å². The molecule has 0 aromatic heterocycles. The van der Waals surface area contributed by atoms with Gasteiger partial charge in [-0.3, -0.25) is 9.59 Å². The molecule has 0 fully saturated rings. The molecule has 0 rings (SSSR count). The fourth-order valence-corrected chi connectivity index (χ4v) is 1.00. The highest BCUT2D eigenvalue weighted by Crippen LogP contribution is 1.97. The van der Waals surface area contributed by atoms with Crippen molar-refractivity contribution in [2.24, 2.45) is 5.73 Å². The topological polar surface area (TPSA) is 81.4 Å².